The zero-order valence-electron chi connectivity index (χ0n) is 14.6. The number of fused-ring (bicyclic) bond motifs is 5. The number of carbonyl (C=O) groups excluding carboxylic acids is 1. The third-order valence-corrected chi connectivity index (χ3v) is 6.49. The van der Waals surface area contributed by atoms with Crippen LogP contribution in [-0.2, 0) is 4.79 Å². The summed E-state index contributed by atoms with van der Waals surface area (Å²) in [4.78, 5) is 20.1. The molecule has 8 heteroatoms. The Kier molecular flexibility index (Phi) is 3.33. The summed E-state index contributed by atoms with van der Waals surface area (Å²) in [5, 5.41) is 26.8. The van der Waals surface area contributed by atoms with Gasteiger partial charge in [-0.2, -0.15) is 5.10 Å². The summed E-state index contributed by atoms with van der Waals surface area (Å²) >= 11 is 0. The SMILES string of the molecule is C[C@H]1C[C@]2(O)CC[C@@H](C2)[C@@H]1C1=NN(C=O)B(O)c2cnc3[nH]ccc3c21. The molecule has 26 heavy (non-hydrogen) atoms. The van der Waals surface area contributed by atoms with Crippen LogP contribution < -0.4 is 5.46 Å². The lowest BCUT2D eigenvalue weighted by molar-refractivity contribution is -0.114. The Labute approximate surface area is 151 Å². The Morgan fingerprint density at radius 2 is 2.31 bits per heavy atom. The van der Waals surface area contributed by atoms with E-state index in [0.717, 1.165) is 52.9 Å². The number of rotatable bonds is 2. The normalized spacial score (nSPS) is 33.3. The van der Waals surface area contributed by atoms with Crippen LogP contribution in [0, 0.1) is 17.8 Å². The van der Waals surface area contributed by atoms with Crippen molar-refractivity contribution in [2.24, 2.45) is 22.9 Å². The van der Waals surface area contributed by atoms with Gasteiger partial charge in [-0.25, -0.2) is 9.90 Å². The number of aliphatic hydroxyl groups is 1. The van der Waals surface area contributed by atoms with Gasteiger partial charge in [-0.05, 0) is 43.6 Å². The van der Waals surface area contributed by atoms with E-state index in [1.54, 1.807) is 6.20 Å². The molecule has 2 saturated carbocycles. The summed E-state index contributed by atoms with van der Waals surface area (Å²) in [6.45, 7) is 2.15. The van der Waals surface area contributed by atoms with Gasteiger partial charge in [0.05, 0.1) is 11.3 Å². The van der Waals surface area contributed by atoms with E-state index in [-0.39, 0.29) is 11.8 Å². The topological polar surface area (TPSA) is 102 Å². The summed E-state index contributed by atoms with van der Waals surface area (Å²) in [6, 6.07) is 1.94. The van der Waals surface area contributed by atoms with E-state index < -0.39 is 12.7 Å². The Morgan fingerprint density at radius 1 is 1.46 bits per heavy atom. The van der Waals surface area contributed by atoms with Gasteiger partial charge in [0.1, 0.15) is 5.65 Å². The molecule has 3 aliphatic rings. The molecule has 2 aromatic rings. The minimum absolute atomic E-state index is 0.145. The average Bonchev–Trinajstić information content (AvgIpc) is 3.21. The highest BCUT2D eigenvalue weighted by atomic mass is 16.3. The van der Waals surface area contributed by atoms with Crippen molar-refractivity contribution in [3.05, 3.63) is 24.0 Å². The van der Waals surface area contributed by atoms with Crippen LogP contribution in [0.25, 0.3) is 11.0 Å². The van der Waals surface area contributed by atoms with Gasteiger partial charge in [0.2, 0.25) is 6.41 Å². The molecular formula is C18H21BN4O3. The Morgan fingerprint density at radius 3 is 3.12 bits per heavy atom. The van der Waals surface area contributed by atoms with E-state index in [2.05, 4.69) is 22.0 Å². The monoisotopic (exact) mass is 352 g/mol. The van der Waals surface area contributed by atoms with Crippen molar-refractivity contribution in [1.82, 2.24) is 14.9 Å². The Bertz CT molecular complexity index is 928. The molecule has 7 nitrogen and oxygen atoms in total. The number of hydrogen-bond donors (Lipinski definition) is 3. The first kappa shape index (κ1) is 16.0. The summed E-state index contributed by atoms with van der Waals surface area (Å²) in [6.07, 6.45) is 7.33. The molecule has 1 amide bonds. The molecule has 2 aromatic heterocycles. The van der Waals surface area contributed by atoms with E-state index in [0.29, 0.717) is 17.8 Å². The largest absolute Gasteiger partial charge is 0.475 e. The first-order valence-electron chi connectivity index (χ1n) is 9.20. The number of aromatic amines is 1. The molecule has 134 valence electrons. The van der Waals surface area contributed by atoms with Crippen molar-refractivity contribution in [2.75, 3.05) is 0 Å². The predicted molar refractivity (Wildman–Crippen MR) is 97.7 cm³/mol. The summed E-state index contributed by atoms with van der Waals surface area (Å²) in [5.74, 6) is 0.729. The lowest BCUT2D eigenvalue weighted by atomic mass is 9.63. The second-order valence-corrected chi connectivity index (χ2v) is 8.11. The average molecular weight is 352 g/mol. The lowest BCUT2D eigenvalue weighted by Crippen LogP contribution is -2.54. The lowest BCUT2D eigenvalue weighted by Gasteiger charge is -2.41. The summed E-state index contributed by atoms with van der Waals surface area (Å²) in [5.41, 5.74) is 2.53. The summed E-state index contributed by atoms with van der Waals surface area (Å²) < 4.78 is 0. The van der Waals surface area contributed by atoms with Crippen molar-refractivity contribution in [3.8, 4) is 0 Å². The third-order valence-electron chi connectivity index (χ3n) is 6.49. The molecule has 1 aliphatic heterocycles. The maximum atomic E-state index is 11.5. The maximum absolute atomic E-state index is 11.5. The third kappa shape index (κ3) is 2.12. The number of nitrogens with one attached hydrogen (secondary N) is 1. The van der Waals surface area contributed by atoms with Crippen LogP contribution in [0.1, 0.15) is 38.2 Å². The Balaban J connectivity index is 1.71. The van der Waals surface area contributed by atoms with Crippen LogP contribution in [-0.4, -0.2) is 49.8 Å². The predicted octanol–water partition coefficient (Wildman–Crippen LogP) is 0.614. The fraction of sp³-hybridized carbons (Fsp3) is 0.500. The fourth-order valence-corrected chi connectivity index (χ4v) is 5.51. The molecule has 3 N–H and O–H groups in total. The zero-order chi connectivity index (χ0) is 18.1. The molecule has 0 radical (unpaired) electrons. The molecule has 0 unspecified atom stereocenters. The van der Waals surface area contributed by atoms with Crippen molar-refractivity contribution >= 4 is 35.7 Å². The van der Waals surface area contributed by atoms with Gasteiger partial charge < -0.3 is 15.1 Å². The van der Waals surface area contributed by atoms with Gasteiger partial charge in [-0.3, -0.25) is 4.79 Å². The highest BCUT2D eigenvalue weighted by Crippen LogP contribution is 2.52. The van der Waals surface area contributed by atoms with Crippen molar-refractivity contribution in [1.29, 1.82) is 0 Å². The van der Waals surface area contributed by atoms with E-state index in [1.807, 2.05) is 12.3 Å². The van der Waals surface area contributed by atoms with Crippen LogP contribution in [0.15, 0.2) is 23.6 Å². The number of amides is 1. The molecule has 2 fully saturated rings. The minimum atomic E-state index is -1.13. The van der Waals surface area contributed by atoms with Gasteiger partial charge >= 0.3 is 7.05 Å². The van der Waals surface area contributed by atoms with Crippen LogP contribution in [0.3, 0.4) is 0 Å². The number of nitrogens with zero attached hydrogens (tertiary/aromatic N) is 3. The molecule has 2 aliphatic carbocycles. The fourth-order valence-electron chi connectivity index (χ4n) is 5.51. The van der Waals surface area contributed by atoms with Gasteiger partial charge in [0, 0.05) is 34.7 Å². The second kappa shape index (κ2) is 5.41. The van der Waals surface area contributed by atoms with Gasteiger partial charge in [-0.15, -0.1) is 0 Å². The van der Waals surface area contributed by atoms with Gasteiger partial charge in [-0.1, -0.05) is 6.92 Å². The number of H-pyrrole nitrogens is 1. The van der Waals surface area contributed by atoms with Crippen LogP contribution >= 0.6 is 0 Å². The standard InChI is InChI=1S/C18H21BN4O3/c1-10-6-18(25)4-2-11(7-18)14(10)16-15-12-3-5-20-17(12)21-8-13(15)19(26)23(9-24)22-16/h3,5,8-11,14,25-26H,2,4,6-7H2,1H3,(H,20,21)/t10-,11-,14+,18+/m0/s1. The number of pyridine rings is 1. The van der Waals surface area contributed by atoms with Crippen molar-refractivity contribution < 1.29 is 14.9 Å². The quantitative estimate of drug-likeness (QED) is 0.545. The first-order valence-corrected chi connectivity index (χ1v) is 9.20. The molecule has 2 bridgehead atoms. The zero-order valence-corrected chi connectivity index (χ0v) is 14.6. The minimum Gasteiger partial charge on any atom is -0.427 e. The van der Waals surface area contributed by atoms with Crippen molar-refractivity contribution in [2.45, 2.75) is 38.2 Å². The Hall–Kier alpha value is -2.19. The van der Waals surface area contributed by atoms with Gasteiger partial charge in [0.15, 0.2) is 0 Å². The molecular weight excluding hydrogens is 331 g/mol. The van der Waals surface area contributed by atoms with E-state index in [4.69, 9.17) is 0 Å². The van der Waals surface area contributed by atoms with Crippen LogP contribution in [0.5, 0.6) is 0 Å². The highest BCUT2D eigenvalue weighted by molar-refractivity contribution is 6.68. The molecule has 0 spiro atoms. The van der Waals surface area contributed by atoms with Crippen molar-refractivity contribution in [3.63, 3.8) is 0 Å². The van der Waals surface area contributed by atoms with E-state index in [9.17, 15) is 14.9 Å². The van der Waals surface area contributed by atoms with Gasteiger partial charge in [0.25, 0.3) is 0 Å². The van der Waals surface area contributed by atoms with E-state index in [1.165, 1.54) is 0 Å². The van der Waals surface area contributed by atoms with E-state index >= 15 is 0 Å². The molecule has 3 heterocycles. The molecule has 0 aromatic carbocycles. The summed E-state index contributed by atoms with van der Waals surface area (Å²) in [7, 11) is -1.13. The molecule has 0 saturated heterocycles. The molecule has 5 rings (SSSR count). The molecule has 4 atom stereocenters. The number of hydrazone groups is 1. The second-order valence-electron chi connectivity index (χ2n) is 8.11. The highest BCUT2D eigenvalue weighted by Gasteiger charge is 2.51. The number of aromatic nitrogens is 2. The first-order chi connectivity index (χ1) is 12.5. The van der Waals surface area contributed by atoms with Crippen LogP contribution in [0.2, 0.25) is 0 Å². The number of carbonyl (C=O) groups is 1. The van der Waals surface area contributed by atoms with Crippen LogP contribution in [0.4, 0.5) is 0 Å². The maximum Gasteiger partial charge on any atom is 0.475 e. The smallest absolute Gasteiger partial charge is 0.427 e. The number of hydrogen-bond acceptors (Lipinski definition) is 5.